The van der Waals surface area contributed by atoms with Gasteiger partial charge < -0.3 is 0 Å². The van der Waals surface area contributed by atoms with Gasteiger partial charge in [-0.15, -0.1) is 4.58 Å². The van der Waals surface area contributed by atoms with Gasteiger partial charge >= 0.3 is 5.91 Å². The number of benzene rings is 1. The molecule has 0 saturated heterocycles. The van der Waals surface area contributed by atoms with Gasteiger partial charge in [0.1, 0.15) is 0 Å². The molecule has 0 aliphatic carbocycles. The zero-order valence-electron chi connectivity index (χ0n) is 9.10. The fourth-order valence-corrected chi connectivity index (χ4v) is 1.63. The standard InChI is InChI=1S/C12H11N2OS/c1-8-3-4-10(7-9(8)2)14-6-5-13-11(16)12(14)15/h3-7H,1-2H3/q+1. The Morgan fingerprint density at radius 2 is 2.00 bits per heavy atom. The second-order valence-electron chi connectivity index (χ2n) is 3.68. The average molecular weight is 231 g/mol. The fraction of sp³-hybridized carbons (Fsp3) is 0.167. The number of rotatable bonds is 1. The van der Waals surface area contributed by atoms with E-state index in [2.05, 4.69) is 4.99 Å². The van der Waals surface area contributed by atoms with Crippen molar-refractivity contribution in [3.63, 3.8) is 0 Å². The molecule has 0 bridgehead atoms. The smallest absolute Gasteiger partial charge is 0.229 e. The summed E-state index contributed by atoms with van der Waals surface area (Å²) in [6, 6.07) is 5.85. The normalized spacial score (nSPS) is 15.2. The number of carbonyl (C=O) groups is 1. The van der Waals surface area contributed by atoms with Crippen molar-refractivity contribution in [3.05, 3.63) is 29.3 Å². The highest BCUT2D eigenvalue weighted by molar-refractivity contribution is 7.82. The molecule has 0 fully saturated rings. The minimum absolute atomic E-state index is 0.0979. The number of carbonyl (C=O) groups excluding carboxylic acids is 1. The Morgan fingerprint density at radius 1 is 1.25 bits per heavy atom. The Kier molecular flexibility index (Phi) is 2.75. The third-order valence-electron chi connectivity index (χ3n) is 2.58. The lowest BCUT2D eigenvalue weighted by Gasteiger charge is -2.04. The summed E-state index contributed by atoms with van der Waals surface area (Å²) in [6.07, 6.45) is 3.17. The van der Waals surface area contributed by atoms with Gasteiger partial charge in [0, 0.05) is 12.1 Å². The number of thiocarbonyl (C=S) groups is 1. The van der Waals surface area contributed by atoms with E-state index in [1.165, 1.54) is 10.1 Å². The second-order valence-corrected chi connectivity index (χ2v) is 4.06. The molecule has 16 heavy (non-hydrogen) atoms. The quantitative estimate of drug-likeness (QED) is 0.546. The molecule has 0 saturated carbocycles. The van der Waals surface area contributed by atoms with Gasteiger partial charge in [-0.25, -0.2) is 9.79 Å². The van der Waals surface area contributed by atoms with Gasteiger partial charge in [-0.2, -0.15) is 0 Å². The highest BCUT2D eigenvalue weighted by Crippen LogP contribution is 2.17. The number of aliphatic imine (C=N–C) groups is 1. The number of hydrogen-bond donors (Lipinski definition) is 0. The Hall–Kier alpha value is -1.68. The summed E-state index contributed by atoms with van der Waals surface area (Å²) in [6.45, 7) is 4.05. The van der Waals surface area contributed by atoms with E-state index in [1.54, 1.807) is 12.4 Å². The largest absolute Gasteiger partial charge is 0.454 e. The van der Waals surface area contributed by atoms with Crippen molar-refractivity contribution in [3.8, 4) is 0 Å². The van der Waals surface area contributed by atoms with Crippen LogP contribution in [0.3, 0.4) is 0 Å². The van der Waals surface area contributed by atoms with Crippen LogP contribution >= 0.6 is 12.2 Å². The topological polar surface area (TPSA) is 32.4 Å². The first-order chi connectivity index (χ1) is 7.59. The van der Waals surface area contributed by atoms with Crippen LogP contribution in [-0.2, 0) is 4.79 Å². The maximum absolute atomic E-state index is 11.8. The maximum atomic E-state index is 11.8. The monoisotopic (exact) mass is 231 g/mol. The highest BCUT2D eigenvalue weighted by Gasteiger charge is 2.27. The molecular weight excluding hydrogens is 220 g/mol. The lowest BCUT2D eigenvalue weighted by Crippen LogP contribution is -2.27. The summed E-state index contributed by atoms with van der Waals surface area (Å²) in [5.41, 5.74) is 3.16. The molecule has 0 aromatic heterocycles. The van der Waals surface area contributed by atoms with Gasteiger partial charge in [0.2, 0.25) is 10.7 Å². The predicted octanol–water partition coefficient (Wildman–Crippen LogP) is 1.96. The molecule has 0 atom stereocenters. The minimum Gasteiger partial charge on any atom is -0.229 e. The number of nitrogens with zero attached hydrogens (tertiary/aromatic N) is 2. The molecule has 1 aromatic carbocycles. The van der Waals surface area contributed by atoms with Crippen LogP contribution in [0.25, 0.3) is 0 Å². The first kappa shape index (κ1) is 10.8. The molecule has 0 unspecified atom stereocenters. The molecule has 0 N–H and O–H groups in total. The van der Waals surface area contributed by atoms with Gasteiger partial charge in [-0.05, 0) is 37.2 Å². The molecule has 3 nitrogen and oxygen atoms in total. The Morgan fingerprint density at radius 3 is 2.69 bits per heavy atom. The summed E-state index contributed by atoms with van der Waals surface area (Å²) >= 11 is 4.85. The molecule has 4 heteroatoms. The zero-order valence-corrected chi connectivity index (χ0v) is 9.91. The second kappa shape index (κ2) is 4.06. The maximum Gasteiger partial charge on any atom is 0.454 e. The lowest BCUT2D eigenvalue weighted by atomic mass is 10.1. The molecule has 1 aliphatic rings. The molecule has 1 aromatic rings. The third-order valence-corrected chi connectivity index (χ3v) is 2.86. The van der Waals surface area contributed by atoms with E-state index in [4.69, 9.17) is 12.2 Å². The predicted molar refractivity (Wildman–Crippen MR) is 68.0 cm³/mol. The number of hydrogen-bond acceptors (Lipinski definition) is 2. The van der Waals surface area contributed by atoms with Crippen molar-refractivity contribution in [1.82, 2.24) is 0 Å². The van der Waals surface area contributed by atoms with E-state index in [1.807, 2.05) is 32.0 Å². The number of amides is 1. The van der Waals surface area contributed by atoms with Crippen molar-refractivity contribution in [2.45, 2.75) is 13.8 Å². The minimum atomic E-state index is -0.249. The molecule has 0 spiro atoms. The van der Waals surface area contributed by atoms with Gasteiger partial charge in [0.25, 0.3) is 0 Å². The van der Waals surface area contributed by atoms with Gasteiger partial charge in [-0.1, -0.05) is 6.07 Å². The van der Waals surface area contributed by atoms with E-state index in [-0.39, 0.29) is 10.9 Å². The Bertz CT molecular complexity index is 544. The van der Waals surface area contributed by atoms with Gasteiger partial charge in [0.15, 0.2) is 6.21 Å². The van der Waals surface area contributed by atoms with Gasteiger partial charge in [-0.3, -0.25) is 0 Å². The van der Waals surface area contributed by atoms with Crippen LogP contribution in [0.15, 0.2) is 23.2 Å². The molecule has 1 aliphatic heterocycles. The van der Waals surface area contributed by atoms with E-state index in [0.29, 0.717) is 0 Å². The van der Waals surface area contributed by atoms with Crippen LogP contribution in [0.1, 0.15) is 11.1 Å². The van der Waals surface area contributed by atoms with E-state index in [9.17, 15) is 4.79 Å². The van der Waals surface area contributed by atoms with E-state index >= 15 is 0 Å². The first-order valence-corrected chi connectivity index (χ1v) is 5.33. The Labute approximate surface area is 99.1 Å². The van der Waals surface area contributed by atoms with Crippen molar-refractivity contribution in [2.24, 2.45) is 4.99 Å². The molecule has 2 rings (SSSR count). The molecule has 80 valence electrons. The summed E-state index contributed by atoms with van der Waals surface area (Å²) in [5, 5.41) is 0. The molecule has 1 amide bonds. The SMILES string of the molecule is Cc1ccc([N+]2=CC=NC(=S)C2=O)cc1C. The van der Waals surface area contributed by atoms with Crippen LogP contribution in [-0.4, -0.2) is 27.9 Å². The summed E-state index contributed by atoms with van der Waals surface area (Å²) < 4.78 is 1.52. The van der Waals surface area contributed by atoms with Gasteiger partial charge in [0.05, 0.1) is 6.21 Å². The van der Waals surface area contributed by atoms with Crippen LogP contribution in [0, 0.1) is 13.8 Å². The van der Waals surface area contributed by atoms with E-state index < -0.39 is 0 Å². The average Bonchev–Trinajstić information content (AvgIpc) is 2.26. The molecule has 1 heterocycles. The van der Waals surface area contributed by atoms with E-state index in [0.717, 1.165) is 11.3 Å². The summed E-state index contributed by atoms with van der Waals surface area (Å²) in [7, 11) is 0. The van der Waals surface area contributed by atoms with Crippen LogP contribution < -0.4 is 0 Å². The molecule has 0 radical (unpaired) electrons. The lowest BCUT2D eigenvalue weighted by molar-refractivity contribution is -0.351. The summed E-state index contributed by atoms with van der Waals surface area (Å²) in [4.78, 5) is 15.6. The van der Waals surface area contributed by atoms with Crippen molar-refractivity contribution in [1.29, 1.82) is 0 Å². The number of aryl methyl sites for hydroxylation is 2. The molecular formula is C12H11N2OS+. The third kappa shape index (κ3) is 1.84. The van der Waals surface area contributed by atoms with Crippen LogP contribution in [0.4, 0.5) is 5.69 Å². The van der Waals surface area contributed by atoms with Crippen molar-refractivity contribution >= 4 is 41.2 Å². The van der Waals surface area contributed by atoms with Crippen LogP contribution in [0.2, 0.25) is 0 Å². The van der Waals surface area contributed by atoms with Crippen molar-refractivity contribution in [2.75, 3.05) is 0 Å². The first-order valence-electron chi connectivity index (χ1n) is 4.92. The summed E-state index contributed by atoms with van der Waals surface area (Å²) in [5.74, 6) is -0.249. The fourth-order valence-electron chi connectivity index (χ4n) is 1.47. The van der Waals surface area contributed by atoms with Crippen molar-refractivity contribution < 1.29 is 9.37 Å². The zero-order chi connectivity index (χ0) is 11.7. The Balaban J connectivity index is 2.49. The highest BCUT2D eigenvalue weighted by atomic mass is 32.1. The van der Waals surface area contributed by atoms with Crippen LogP contribution in [0.5, 0.6) is 0 Å².